The number of rotatable bonds is 4. The number of halogens is 4. The van der Waals surface area contributed by atoms with Crippen LogP contribution < -0.4 is 16.4 Å². The number of nitrogen functional groups attached to an aromatic ring is 1. The predicted octanol–water partition coefficient (Wildman–Crippen LogP) is 3.66. The number of nitrogens with one attached hydrogen (secondary N) is 2. The second kappa shape index (κ2) is 9.36. The van der Waals surface area contributed by atoms with E-state index in [-0.39, 0.29) is 28.5 Å². The second-order valence-electron chi connectivity index (χ2n) is 9.28. The van der Waals surface area contributed by atoms with Crippen molar-refractivity contribution in [2.24, 2.45) is 18.9 Å². The predicted molar refractivity (Wildman–Crippen MR) is 129 cm³/mol. The number of nitrogens with two attached hydrogens (primary N) is 1. The van der Waals surface area contributed by atoms with Crippen LogP contribution in [0, 0.1) is 11.8 Å². The highest BCUT2D eigenvalue weighted by atomic mass is 35.5. The zero-order valence-corrected chi connectivity index (χ0v) is 20.5. The smallest absolute Gasteiger partial charge is 0.384 e. The monoisotopic (exact) mass is 536 g/mol. The summed E-state index contributed by atoms with van der Waals surface area (Å²) in [5, 5.41) is 13.6. The number of aryl methyl sites for hydroxylation is 1. The van der Waals surface area contributed by atoms with E-state index in [4.69, 9.17) is 17.3 Å². The van der Waals surface area contributed by atoms with E-state index in [0.29, 0.717) is 49.4 Å². The number of anilines is 2. The molecule has 3 aromatic rings. The fourth-order valence-electron chi connectivity index (χ4n) is 5.31. The second-order valence-corrected chi connectivity index (χ2v) is 9.69. The average Bonchev–Trinajstić information content (AvgIpc) is 3.43. The van der Waals surface area contributed by atoms with Crippen LogP contribution >= 0.6 is 11.6 Å². The number of carbonyl (C=O) groups excluding carboxylic acids is 2. The van der Waals surface area contributed by atoms with Crippen LogP contribution in [0.4, 0.5) is 24.7 Å². The third kappa shape index (κ3) is 4.63. The van der Waals surface area contributed by atoms with Crippen LogP contribution in [0.15, 0.2) is 24.5 Å². The molecule has 0 spiro atoms. The zero-order chi connectivity index (χ0) is 26.5. The molecule has 37 heavy (non-hydrogen) atoms. The molecule has 1 saturated heterocycles. The molecule has 10 nitrogen and oxygen atoms in total. The Hall–Kier alpha value is -3.61. The lowest BCUT2D eigenvalue weighted by Crippen LogP contribution is -2.47. The van der Waals surface area contributed by atoms with Crippen molar-refractivity contribution in [2.75, 3.05) is 17.6 Å². The number of carbonyl (C=O) groups is 2. The van der Waals surface area contributed by atoms with Crippen molar-refractivity contribution in [3.63, 3.8) is 0 Å². The Morgan fingerprint density at radius 2 is 2.03 bits per heavy atom. The highest BCUT2D eigenvalue weighted by molar-refractivity contribution is 6.33. The first kappa shape index (κ1) is 25.1. The quantitative estimate of drug-likeness (QED) is 0.466. The number of amides is 2. The molecule has 1 aliphatic heterocycles. The molecule has 2 fully saturated rings. The number of fused-ring (bicyclic) bond motifs is 1. The van der Waals surface area contributed by atoms with Crippen molar-refractivity contribution in [1.82, 2.24) is 29.9 Å². The Bertz CT molecular complexity index is 1350. The molecule has 1 aliphatic carbocycles. The Morgan fingerprint density at radius 1 is 1.24 bits per heavy atom. The lowest BCUT2D eigenvalue weighted by atomic mass is 9.72. The van der Waals surface area contributed by atoms with Gasteiger partial charge in [0.1, 0.15) is 17.2 Å². The van der Waals surface area contributed by atoms with E-state index in [1.54, 1.807) is 13.1 Å². The lowest BCUT2D eigenvalue weighted by Gasteiger charge is -2.41. The molecular formula is C23H24ClF3N8O2. The van der Waals surface area contributed by atoms with Crippen LogP contribution in [0.1, 0.15) is 47.8 Å². The zero-order valence-electron chi connectivity index (χ0n) is 19.7. The highest BCUT2D eigenvalue weighted by Gasteiger charge is 2.46. The standard InChI is InChI=1S/C23H24ClF3N8O2/c1-34-18(28)8-16(33-34)19-15(24)7-11(9-30-19)32-22(37)14-10-31-35(20(14)23(25,26)27)17-4-2-3-13-12(17)5-6-29-21(13)36/h7-10,12-13,17H,2-6,28H2,1H3,(H,29,36)(H,32,37). The fraction of sp³-hybridized carbons (Fsp3) is 0.435. The van der Waals surface area contributed by atoms with E-state index in [1.165, 1.54) is 16.9 Å². The molecule has 2 aliphatic rings. The van der Waals surface area contributed by atoms with Crippen LogP contribution in [-0.4, -0.2) is 42.9 Å². The van der Waals surface area contributed by atoms with Crippen LogP contribution in [0.2, 0.25) is 5.02 Å². The summed E-state index contributed by atoms with van der Waals surface area (Å²) in [5.74, 6) is -1.40. The molecule has 0 aromatic carbocycles. The van der Waals surface area contributed by atoms with Crippen LogP contribution in [0.5, 0.6) is 0 Å². The maximum atomic E-state index is 14.3. The summed E-state index contributed by atoms with van der Waals surface area (Å²) in [6.45, 7) is 0.404. The number of aromatic nitrogens is 5. The van der Waals surface area contributed by atoms with Gasteiger partial charge in [-0.25, -0.2) is 0 Å². The van der Waals surface area contributed by atoms with Gasteiger partial charge in [-0.1, -0.05) is 18.0 Å². The van der Waals surface area contributed by atoms with E-state index >= 15 is 0 Å². The minimum Gasteiger partial charge on any atom is -0.384 e. The molecule has 1 saturated carbocycles. The van der Waals surface area contributed by atoms with Gasteiger partial charge < -0.3 is 16.4 Å². The third-order valence-electron chi connectivity index (χ3n) is 7.02. The van der Waals surface area contributed by atoms with E-state index in [2.05, 4.69) is 25.8 Å². The van der Waals surface area contributed by atoms with E-state index in [0.717, 1.165) is 10.9 Å². The first-order valence-electron chi connectivity index (χ1n) is 11.7. The molecule has 2 amide bonds. The fourth-order valence-corrected chi connectivity index (χ4v) is 5.58. The minimum absolute atomic E-state index is 0.102. The van der Waals surface area contributed by atoms with Crippen molar-refractivity contribution in [3.8, 4) is 11.4 Å². The summed E-state index contributed by atoms with van der Waals surface area (Å²) in [7, 11) is 1.65. The SMILES string of the molecule is Cn1nc(-c2ncc(NC(=O)c3cnn(C4CCCC5C(=O)NCCC54)c3C(F)(F)F)cc2Cl)cc1N. The molecule has 14 heteroatoms. The Morgan fingerprint density at radius 3 is 2.70 bits per heavy atom. The maximum absolute atomic E-state index is 14.3. The first-order valence-corrected chi connectivity index (χ1v) is 12.1. The van der Waals surface area contributed by atoms with Gasteiger partial charge in [-0.2, -0.15) is 23.4 Å². The molecular weight excluding hydrogens is 513 g/mol. The van der Waals surface area contributed by atoms with Gasteiger partial charge in [0, 0.05) is 25.6 Å². The van der Waals surface area contributed by atoms with Crippen molar-refractivity contribution in [3.05, 3.63) is 40.8 Å². The van der Waals surface area contributed by atoms with Gasteiger partial charge >= 0.3 is 6.18 Å². The molecule has 4 heterocycles. The number of piperidine rings is 1. The van der Waals surface area contributed by atoms with Gasteiger partial charge in [0.25, 0.3) is 5.91 Å². The summed E-state index contributed by atoms with van der Waals surface area (Å²) in [6.07, 6.45) is -0.434. The number of nitrogens with zero attached hydrogens (tertiary/aromatic N) is 5. The van der Waals surface area contributed by atoms with Gasteiger partial charge in [0.15, 0.2) is 5.69 Å². The Kier molecular flexibility index (Phi) is 6.34. The maximum Gasteiger partial charge on any atom is 0.433 e. The van der Waals surface area contributed by atoms with Gasteiger partial charge in [-0.15, -0.1) is 0 Å². The van der Waals surface area contributed by atoms with E-state index in [1.807, 2.05) is 0 Å². The largest absolute Gasteiger partial charge is 0.433 e. The van der Waals surface area contributed by atoms with E-state index in [9.17, 15) is 22.8 Å². The van der Waals surface area contributed by atoms with Crippen molar-refractivity contribution >= 4 is 34.9 Å². The molecule has 4 N–H and O–H groups in total. The molecule has 0 radical (unpaired) electrons. The Labute approximate surface area is 214 Å². The summed E-state index contributed by atoms with van der Waals surface area (Å²) in [4.78, 5) is 29.5. The van der Waals surface area contributed by atoms with Crippen molar-refractivity contribution < 1.29 is 22.8 Å². The minimum atomic E-state index is -4.84. The van der Waals surface area contributed by atoms with Crippen LogP contribution in [-0.2, 0) is 18.0 Å². The van der Waals surface area contributed by atoms with Gasteiger partial charge in [0.05, 0.1) is 34.7 Å². The molecule has 3 aromatic heterocycles. The molecule has 0 bridgehead atoms. The third-order valence-corrected chi connectivity index (χ3v) is 7.31. The Balaban J connectivity index is 1.43. The van der Waals surface area contributed by atoms with Gasteiger partial charge in [-0.05, 0) is 31.2 Å². The number of pyridine rings is 1. The number of hydrogen-bond donors (Lipinski definition) is 3. The molecule has 3 atom stereocenters. The van der Waals surface area contributed by atoms with Crippen molar-refractivity contribution in [1.29, 1.82) is 0 Å². The number of alkyl halides is 3. The summed E-state index contributed by atoms with van der Waals surface area (Å²) < 4.78 is 45.1. The van der Waals surface area contributed by atoms with Crippen LogP contribution in [0.25, 0.3) is 11.4 Å². The van der Waals surface area contributed by atoms with Crippen LogP contribution in [0.3, 0.4) is 0 Å². The van der Waals surface area contributed by atoms with Crippen molar-refractivity contribution in [2.45, 2.75) is 37.9 Å². The summed E-state index contributed by atoms with van der Waals surface area (Å²) >= 11 is 6.31. The molecule has 196 valence electrons. The highest BCUT2D eigenvalue weighted by Crippen LogP contribution is 2.44. The normalized spacial score (nSPS) is 21.9. The average molecular weight is 537 g/mol. The molecule has 5 rings (SSSR count). The van der Waals surface area contributed by atoms with Gasteiger partial charge in [0.2, 0.25) is 5.91 Å². The first-order chi connectivity index (χ1) is 17.5. The van der Waals surface area contributed by atoms with Gasteiger partial charge in [-0.3, -0.25) is 23.9 Å². The van der Waals surface area contributed by atoms with E-state index < -0.39 is 29.4 Å². The topological polar surface area (TPSA) is 133 Å². The summed E-state index contributed by atoms with van der Waals surface area (Å²) in [6, 6.07) is 2.31. The lowest BCUT2D eigenvalue weighted by molar-refractivity contribution is -0.147. The number of hydrogen-bond acceptors (Lipinski definition) is 6. The molecule has 3 unspecified atom stereocenters. The summed E-state index contributed by atoms with van der Waals surface area (Å²) in [5.41, 5.74) is 4.85.